The lowest BCUT2D eigenvalue weighted by Crippen LogP contribution is -2.45. The molecular formula is C12H17N3O3. The summed E-state index contributed by atoms with van der Waals surface area (Å²) in [5, 5.41) is 13.9. The molecule has 98 valence electrons. The lowest BCUT2D eigenvalue weighted by atomic mass is 10.2. The van der Waals surface area contributed by atoms with Gasteiger partial charge in [0.15, 0.2) is 0 Å². The van der Waals surface area contributed by atoms with Gasteiger partial charge in [-0.05, 0) is 18.1 Å². The van der Waals surface area contributed by atoms with Crippen molar-refractivity contribution in [3.8, 4) is 0 Å². The molecule has 0 saturated carbocycles. The van der Waals surface area contributed by atoms with E-state index in [0.717, 1.165) is 5.56 Å². The van der Waals surface area contributed by atoms with E-state index in [9.17, 15) is 9.59 Å². The summed E-state index contributed by atoms with van der Waals surface area (Å²) in [5.41, 5.74) is 0.856. The number of pyridine rings is 1. The van der Waals surface area contributed by atoms with Gasteiger partial charge in [-0.3, -0.25) is 4.98 Å². The molecule has 0 saturated heterocycles. The molecule has 1 atom stereocenters. The molecule has 1 rings (SSSR count). The second-order valence-corrected chi connectivity index (χ2v) is 3.87. The zero-order valence-electron chi connectivity index (χ0n) is 10.2. The van der Waals surface area contributed by atoms with Gasteiger partial charge in [0, 0.05) is 18.9 Å². The van der Waals surface area contributed by atoms with Crippen molar-refractivity contribution in [2.75, 3.05) is 0 Å². The van der Waals surface area contributed by atoms with E-state index >= 15 is 0 Å². The van der Waals surface area contributed by atoms with Gasteiger partial charge in [-0.1, -0.05) is 19.4 Å². The molecule has 3 N–H and O–H groups in total. The summed E-state index contributed by atoms with van der Waals surface area (Å²) in [6, 6.07) is 2.27. The highest BCUT2D eigenvalue weighted by molar-refractivity contribution is 5.82. The third-order valence-corrected chi connectivity index (χ3v) is 2.36. The van der Waals surface area contributed by atoms with Crippen LogP contribution in [0.5, 0.6) is 0 Å². The molecule has 1 heterocycles. The Morgan fingerprint density at radius 3 is 2.83 bits per heavy atom. The Labute approximate surface area is 105 Å². The fraction of sp³-hybridized carbons (Fsp3) is 0.417. The monoisotopic (exact) mass is 251 g/mol. The summed E-state index contributed by atoms with van der Waals surface area (Å²) in [6.45, 7) is 2.18. The van der Waals surface area contributed by atoms with Crippen LogP contribution in [0, 0.1) is 0 Å². The van der Waals surface area contributed by atoms with Crippen LogP contribution in [0.2, 0.25) is 0 Å². The molecule has 0 aliphatic heterocycles. The maximum absolute atomic E-state index is 11.5. The van der Waals surface area contributed by atoms with E-state index in [2.05, 4.69) is 15.6 Å². The summed E-state index contributed by atoms with van der Waals surface area (Å²) in [4.78, 5) is 26.3. The van der Waals surface area contributed by atoms with Crippen LogP contribution in [0.25, 0.3) is 0 Å². The van der Waals surface area contributed by atoms with Gasteiger partial charge >= 0.3 is 12.0 Å². The molecule has 0 aliphatic rings. The molecule has 0 unspecified atom stereocenters. The first-order valence-electron chi connectivity index (χ1n) is 5.79. The number of amides is 2. The van der Waals surface area contributed by atoms with E-state index in [-0.39, 0.29) is 0 Å². The summed E-state index contributed by atoms with van der Waals surface area (Å²) < 4.78 is 0. The average molecular weight is 251 g/mol. The van der Waals surface area contributed by atoms with Crippen molar-refractivity contribution in [3.63, 3.8) is 0 Å². The molecule has 6 heteroatoms. The van der Waals surface area contributed by atoms with Gasteiger partial charge in [-0.15, -0.1) is 0 Å². The van der Waals surface area contributed by atoms with Gasteiger partial charge in [0.2, 0.25) is 0 Å². The predicted molar refractivity (Wildman–Crippen MR) is 65.9 cm³/mol. The summed E-state index contributed by atoms with van der Waals surface area (Å²) in [6.07, 6.45) is 4.39. The maximum Gasteiger partial charge on any atom is 0.326 e. The first-order valence-corrected chi connectivity index (χ1v) is 5.79. The number of hydrogen-bond donors (Lipinski definition) is 3. The van der Waals surface area contributed by atoms with E-state index in [4.69, 9.17) is 5.11 Å². The Kier molecular flexibility index (Phi) is 5.63. The highest BCUT2D eigenvalue weighted by Crippen LogP contribution is 1.97. The summed E-state index contributed by atoms with van der Waals surface area (Å²) in [7, 11) is 0. The van der Waals surface area contributed by atoms with Gasteiger partial charge < -0.3 is 15.7 Å². The third kappa shape index (κ3) is 4.82. The first kappa shape index (κ1) is 14.0. The number of nitrogens with zero attached hydrogens (tertiary/aromatic N) is 1. The molecule has 0 fully saturated rings. The van der Waals surface area contributed by atoms with Gasteiger partial charge in [0.1, 0.15) is 6.04 Å². The van der Waals surface area contributed by atoms with E-state index in [0.29, 0.717) is 19.4 Å². The third-order valence-electron chi connectivity index (χ3n) is 2.36. The fourth-order valence-corrected chi connectivity index (χ4v) is 1.44. The van der Waals surface area contributed by atoms with Gasteiger partial charge in [-0.2, -0.15) is 0 Å². The Morgan fingerprint density at radius 1 is 1.50 bits per heavy atom. The SMILES string of the molecule is CCC[C@H](NC(=O)NCc1cccnc1)C(=O)O. The van der Waals surface area contributed by atoms with Crippen LogP contribution in [0.3, 0.4) is 0 Å². The summed E-state index contributed by atoms with van der Waals surface area (Å²) >= 11 is 0. The van der Waals surface area contributed by atoms with Crippen LogP contribution < -0.4 is 10.6 Å². The Bertz CT molecular complexity index is 395. The molecule has 2 amide bonds. The van der Waals surface area contributed by atoms with Crippen molar-refractivity contribution in [2.24, 2.45) is 0 Å². The number of rotatable bonds is 6. The number of aromatic nitrogens is 1. The van der Waals surface area contributed by atoms with Crippen LogP contribution in [0.1, 0.15) is 25.3 Å². The first-order chi connectivity index (χ1) is 8.63. The minimum atomic E-state index is -1.02. The quantitative estimate of drug-likeness (QED) is 0.707. The fourth-order valence-electron chi connectivity index (χ4n) is 1.44. The Hall–Kier alpha value is -2.11. The number of urea groups is 1. The number of nitrogens with one attached hydrogen (secondary N) is 2. The number of carboxylic acids is 1. The van der Waals surface area contributed by atoms with Crippen LogP contribution >= 0.6 is 0 Å². The van der Waals surface area contributed by atoms with E-state index in [1.54, 1.807) is 18.5 Å². The number of carboxylic acid groups (broad SMARTS) is 1. The van der Waals surface area contributed by atoms with Crippen molar-refractivity contribution in [2.45, 2.75) is 32.4 Å². The highest BCUT2D eigenvalue weighted by Gasteiger charge is 2.18. The second-order valence-electron chi connectivity index (χ2n) is 3.87. The molecule has 0 spiro atoms. The van der Waals surface area contributed by atoms with E-state index in [1.807, 2.05) is 13.0 Å². The molecule has 1 aromatic heterocycles. The lowest BCUT2D eigenvalue weighted by Gasteiger charge is -2.14. The standard InChI is InChI=1S/C12H17N3O3/c1-2-4-10(11(16)17)15-12(18)14-8-9-5-3-6-13-7-9/h3,5-7,10H,2,4,8H2,1H3,(H,16,17)(H2,14,15,18)/t10-/m0/s1. The maximum atomic E-state index is 11.5. The average Bonchev–Trinajstić information content (AvgIpc) is 2.37. The lowest BCUT2D eigenvalue weighted by molar-refractivity contribution is -0.139. The number of carbonyl (C=O) groups excluding carboxylic acids is 1. The Balaban J connectivity index is 2.39. The van der Waals surface area contributed by atoms with Crippen LogP contribution in [-0.2, 0) is 11.3 Å². The predicted octanol–water partition coefficient (Wildman–Crippen LogP) is 1.13. The molecular weight excluding hydrogens is 234 g/mol. The van der Waals surface area contributed by atoms with Crippen molar-refractivity contribution >= 4 is 12.0 Å². The second kappa shape index (κ2) is 7.26. The van der Waals surface area contributed by atoms with E-state index < -0.39 is 18.0 Å². The van der Waals surface area contributed by atoms with Gasteiger partial charge in [0.05, 0.1) is 0 Å². The van der Waals surface area contributed by atoms with Gasteiger partial charge in [-0.25, -0.2) is 9.59 Å². The molecule has 6 nitrogen and oxygen atoms in total. The smallest absolute Gasteiger partial charge is 0.326 e. The minimum Gasteiger partial charge on any atom is -0.480 e. The van der Waals surface area contributed by atoms with Crippen LogP contribution in [-0.4, -0.2) is 28.1 Å². The van der Waals surface area contributed by atoms with Crippen LogP contribution in [0.4, 0.5) is 4.79 Å². The topological polar surface area (TPSA) is 91.3 Å². The van der Waals surface area contributed by atoms with Crippen LogP contribution in [0.15, 0.2) is 24.5 Å². The number of carbonyl (C=O) groups is 2. The largest absolute Gasteiger partial charge is 0.480 e. The van der Waals surface area contributed by atoms with Crippen molar-refractivity contribution < 1.29 is 14.7 Å². The molecule has 18 heavy (non-hydrogen) atoms. The zero-order valence-corrected chi connectivity index (χ0v) is 10.2. The van der Waals surface area contributed by atoms with Crippen molar-refractivity contribution in [1.29, 1.82) is 0 Å². The molecule has 0 aliphatic carbocycles. The molecule has 0 radical (unpaired) electrons. The minimum absolute atomic E-state index is 0.318. The molecule has 0 aromatic carbocycles. The highest BCUT2D eigenvalue weighted by atomic mass is 16.4. The van der Waals surface area contributed by atoms with Crippen molar-refractivity contribution in [1.82, 2.24) is 15.6 Å². The normalized spacial score (nSPS) is 11.6. The van der Waals surface area contributed by atoms with Crippen molar-refractivity contribution in [3.05, 3.63) is 30.1 Å². The number of hydrogen-bond acceptors (Lipinski definition) is 3. The van der Waals surface area contributed by atoms with E-state index in [1.165, 1.54) is 0 Å². The molecule has 1 aromatic rings. The number of aliphatic carboxylic acids is 1. The molecule has 0 bridgehead atoms. The zero-order chi connectivity index (χ0) is 13.4. The summed E-state index contributed by atoms with van der Waals surface area (Å²) in [5.74, 6) is -1.02. The Morgan fingerprint density at radius 2 is 2.28 bits per heavy atom. The van der Waals surface area contributed by atoms with Gasteiger partial charge in [0.25, 0.3) is 0 Å².